The van der Waals surface area contributed by atoms with E-state index >= 15 is 0 Å². The van der Waals surface area contributed by atoms with E-state index in [1.54, 1.807) is 26.4 Å². The molecule has 0 amide bonds. The second kappa shape index (κ2) is 19.1. The summed E-state index contributed by atoms with van der Waals surface area (Å²) in [4.78, 5) is 2.58. The molecule has 30 heavy (non-hydrogen) atoms. The van der Waals surface area contributed by atoms with Gasteiger partial charge in [0.05, 0.1) is 0 Å². The maximum Gasteiger partial charge on any atom is 0.115 e. The number of hydrogen-bond donors (Lipinski definition) is 1. The van der Waals surface area contributed by atoms with Gasteiger partial charge in [-0.2, -0.15) is 0 Å². The van der Waals surface area contributed by atoms with Crippen LogP contribution in [0.15, 0.2) is 60.2 Å². The Bertz CT molecular complexity index is 592. The highest BCUT2D eigenvalue weighted by molar-refractivity contribution is 5.26. The largest absolute Gasteiger partial charge is 0.508 e. The Morgan fingerprint density at radius 1 is 1.07 bits per heavy atom. The van der Waals surface area contributed by atoms with Crippen molar-refractivity contribution < 1.29 is 9.84 Å². The molecule has 0 aromatic heterocycles. The van der Waals surface area contributed by atoms with E-state index in [9.17, 15) is 5.11 Å². The van der Waals surface area contributed by atoms with E-state index < -0.39 is 0 Å². The van der Waals surface area contributed by atoms with E-state index in [0.717, 1.165) is 18.9 Å². The molecule has 1 fully saturated rings. The molecule has 0 atom stereocenters. The molecule has 1 aliphatic rings. The fourth-order valence-corrected chi connectivity index (χ4v) is 3.32. The van der Waals surface area contributed by atoms with Crippen LogP contribution in [0.2, 0.25) is 0 Å². The molecular weight excluding hydrogens is 370 g/mol. The lowest BCUT2D eigenvalue weighted by molar-refractivity contribution is 0.186. The van der Waals surface area contributed by atoms with Gasteiger partial charge in [-0.3, -0.25) is 0 Å². The standard InChI is InChI=1S/C22H31NO.C3H8.C2H6O/c1-3-5-7-20(6-4-2)18-21-13-16-23(17-14-21)15-12-19-8-10-22(24)11-9-19;2*1-3-2/h3-11,21,24H,12-18H2,1-2H3;3H2,1-2H3;1-2H3/b5-3-,6-4-,20-7+;;. The van der Waals surface area contributed by atoms with Gasteiger partial charge < -0.3 is 14.7 Å². The van der Waals surface area contributed by atoms with Crippen molar-refractivity contribution in [3.63, 3.8) is 0 Å². The third-order valence-electron chi connectivity index (χ3n) is 4.77. The first-order valence-electron chi connectivity index (χ1n) is 11.4. The molecule has 3 nitrogen and oxygen atoms in total. The maximum absolute atomic E-state index is 9.34. The van der Waals surface area contributed by atoms with Gasteiger partial charge in [-0.1, -0.05) is 62.8 Å². The van der Waals surface area contributed by atoms with Crippen molar-refractivity contribution in [1.82, 2.24) is 4.90 Å². The number of aromatic hydroxyl groups is 1. The zero-order chi connectivity index (χ0) is 22.6. The number of phenolic OH excluding ortho intramolecular Hbond substituents is 1. The number of hydrogen-bond acceptors (Lipinski definition) is 3. The molecule has 0 unspecified atom stereocenters. The number of allylic oxidation sites excluding steroid dienone is 6. The SMILES string of the molecule is CCC.COC.C\C=C/C=C(\C=C/C)CC1CCN(CCc2ccc(O)cc2)CC1. The Balaban J connectivity index is 0.00000125. The van der Waals surface area contributed by atoms with Crippen LogP contribution in [-0.4, -0.2) is 43.9 Å². The molecule has 0 bridgehead atoms. The number of piperidine rings is 1. The van der Waals surface area contributed by atoms with Gasteiger partial charge in [-0.15, -0.1) is 0 Å². The highest BCUT2D eigenvalue weighted by Crippen LogP contribution is 2.25. The zero-order valence-electron chi connectivity index (χ0n) is 20.2. The molecule has 0 aliphatic carbocycles. The Hall–Kier alpha value is -1.84. The van der Waals surface area contributed by atoms with Gasteiger partial charge in [0.2, 0.25) is 0 Å². The van der Waals surface area contributed by atoms with E-state index in [2.05, 4.69) is 67.7 Å². The van der Waals surface area contributed by atoms with Crippen molar-refractivity contribution in [2.24, 2.45) is 5.92 Å². The number of nitrogens with zero attached hydrogens (tertiary/aromatic N) is 1. The molecule has 0 saturated carbocycles. The number of rotatable bonds is 7. The molecule has 0 spiro atoms. The molecule has 1 aliphatic heterocycles. The summed E-state index contributed by atoms with van der Waals surface area (Å²) in [6.45, 7) is 11.9. The van der Waals surface area contributed by atoms with E-state index in [4.69, 9.17) is 0 Å². The summed E-state index contributed by atoms with van der Waals surface area (Å²) in [6, 6.07) is 7.61. The molecule has 170 valence electrons. The quantitative estimate of drug-likeness (QED) is 0.497. The van der Waals surface area contributed by atoms with Gasteiger partial charge in [0, 0.05) is 20.8 Å². The molecule has 2 rings (SSSR count). The lowest BCUT2D eigenvalue weighted by Gasteiger charge is -2.32. The summed E-state index contributed by atoms with van der Waals surface area (Å²) in [5, 5.41) is 9.34. The fraction of sp³-hybridized carbons (Fsp3) is 0.556. The Morgan fingerprint density at radius 3 is 2.13 bits per heavy atom. The first-order valence-corrected chi connectivity index (χ1v) is 11.4. The van der Waals surface area contributed by atoms with Crippen LogP contribution in [0.5, 0.6) is 5.75 Å². The van der Waals surface area contributed by atoms with Crippen LogP contribution in [-0.2, 0) is 11.2 Å². The first kappa shape index (κ1) is 28.2. The summed E-state index contributed by atoms with van der Waals surface area (Å²) in [5.41, 5.74) is 2.75. The van der Waals surface area contributed by atoms with E-state index in [0.29, 0.717) is 5.75 Å². The summed E-state index contributed by atoms with van der Waals surface area (Å²) < 4.78 is 4.25. The minimum absolute atomic E-state index is 0.350. The van der Waals surface area contributed by atoms with Crippen LogP contribution < -0.4 is 0 Å². The van der Waals surface area contributed by atoms with Crippen molar-refractivity contribution in [2.45, 2.75) is 59.8 Å². The molecular formula is C27H45NO2. The van der Waals surface area contributed by atoms with Crippen LogP contribution in [0.25, 0.3) is 0 Å². The van der Waals surface area contributed by atoms with Crippen molar-refractivity contribution >= 4 is 0 Å². The number of methoxy groups -OCH3 is 1. The van der Waals surface area contributed by atoms with Crippen LogP contribution in [0, 0.1) is 5.92 Å². The number of likely N-dealkylation sites (tertiary alicyclic amines) is 1. The summed E-state index contributed by atoms with van der Waals surface area (Å²) in [5.74, 6) is 1.16. The molecule has 1 aromatic rings. The fourth-order valence-electron chi connectivity index (χ4n) is 3.32. The molecule has 1 heterocycles. The minimum atomic E-state index is 0.350. The highest BCUT2D eigenvalue weighted by atomic mass is 16.4. The Morgan fingerprint density at radius 2 is 1.63 bits per heavy atom. The number of phenols is 1. The van der Waals surface area contributed by atoms with Crippen LogP contribution in [0.3, 0.4) is 0 Å². The zero-order valence-corrected chi connectivity index (χ0v) is 20.2. The third kappa shape index (κ3) is 14.2. The van der Waals surface area contributed by atoms with Crippen molar-refractivity contribution in [2.75, 3.05) is 33.9 Å². The summed E-state index contributed by atoms with van der Waals surface area (Å²) >= 11 is 0. The molecule has 0 radical (unpaired) electrons. The van der Waals surface area contributed by atoms with E-state index in [1.165, 1.54) is 49.9 Å². The normalized spacial score (nSPS) is 15.6. The van der Waals surface area contributed by atoms with Crippen LogP contribution >= 0.6 is 0 Å². The second-order valence-electron chi connectivity index (χ2n) is 7.79. The lowest BCUT2D eigenvalue weighted by Crippen LogP contribution is -2.35. The predicted octanol–water partition coefficient (Wildman–Crippen LogP) is 6.79. The van der Waals surface area contributed by atoms with E-state index in [-0.39, 0.29) is 0 Å². The third-order valence-corrected chi connectivity index (χ3v) is 4.77. The van der Waals surface area contributed by atoms with Gasteiger partial charge >= 0.3 is 0 Å². The molecule has 1 aromatic carbocycles. The number of benzene rings is 1. The van der Waals surface area contributed by atoms with Crippen molar-refractivity contribution in [3.05, 3.63) is 65.8 Å². The van der Waals surface area contributed by atoms with Gasteiger partial charge in [-0.25, -0.2) is 0 Å². The van der Waals surface area contributed by atoms with Crippen LogP contribution in [0.4, 0.5) is 0 Å². The molecule has 1 N–H and O–H groups in total. The summed E-state index contributed by atoms with van der Waals surface area (Å²) in [7, 11) is 3.25. The van der Waals surface area contributed by atoms with Gasteiger partial charge in [0.15, 0.2) is 0 Å². The summed E-state index contributed by atoms with van der Waals surface area (Å²) in [6.07, 6.45) is 17.0. The minimum Gasteiger partial charge on any atom is -0.508 e. The van der Waals surface area contributed by atoms with Gasteiger partial charge in [0.1, 0.15) is 5.75 Å². The lowest BCUT2D eigenvalue weighted by atomic mass is 9.89. The first-order chi connectivity index (χ1) is 14.5. The number of ether oxygens (including phenoxy) is 1. The topological polar surface area (TPSA) is 32.7 Å². The molecule has 3 heteroatoms. The maximum atomic E-state index is 9.34. The van der Waals surface area contributed by atoms with Gasteiger partial charge in [0.25, 0.3) is 0 Å². The van der Waals surface area contributed by atoms with Crippen molar-refractivity contribution in [3.8, 4) is 5.75 Å². The average molecular weight is 416 g/mol. The average Bonchev–Trinajstić information content (AvgIpc) is 2.74. The van der Waals surface area contributed by atoms with Gasteiger partial charge in [-0.05, 0) is 81.8 Å². The Labute approximate surface area is 186 Å². The van der Waals surface area contributed by atoms with Crippen LogP contribution in [0.1, 0.15) is 58.9 Å². The smallest absolute Gasteiger partial charge is 0.115 e. The van der Waals surface area contributed by atoms with E-state index in [1.807, 2.05) is 12.1 Å². The molecule has 1 saturated heterocycles. The highest BCUT2D eigenvalue weighted by Gasteiger charge is 2.19. The second-order valence-corrected chi connectivity index (χ2v) is 7.79. The van der Waals surface area contributed by atoms with Crippen molar-refractivity contribution in [1.29, 1.82) is 0 Å². The monoisotopic (exact) mass is 415 g/mol. The Kier molecular flexibility index (Phi) is 18.0. The predicted molar refractivity (Wildman–Crippen MR) is 132 cm³/mol.